The Bertz CT molecular complexity index is 498. The maximum absolute atomic E-state index is 11.7. The predicted molar refractivity (Wildman–Crippen MR) is 70.0 cm³/mol. The fraction of sp³-hybridized carbons (Fsp3) is 0.308. The van der Waals surface area contributed by atoms with Crippen molar-refractivity contribution in [3.8, 4) is 0 Å². The number of benzene rings is 1. The third-order valence-electron chi connectivity index (χ3n) is 2.32. The van der Waals surface area contributed by atoms with Gasteiger partial charge in [-0.05, 0) is 24.1 Å². The molecular weight excluding hydrogens is 246 g/mol. The zero-order valence-corrected chi connectivity index (χ0v) is 10.9. The van der Waals surface area contributed by atoms with Gasteiger partial charge in [-0.2, -0.15) is 0 Å². The molecule has 0 saturated heterocycles. The third kappa shape index (κ3) is 4.79. The van der Waals surface area contributed by atoms with Crippen LogP contribution < -0.4 is 16.6 Å². The molecule has 102 valence electrons. The Kier molecular flexibility index (Phi) is 5.05. The van der Waals surface area contributed by atoms with Crippen molar-refractivity contribution in [1.82, 2.24) is 10.9 Å². The van der Waals surface area contributed by atoms with Crippen LogP contribution in [0.3, 0.4) is 0 Å². The predicted octanol–water partition coefficient (Wildman–Crippen LogP) is 0.593. The van der Waals surface area contributed by atoms with E-state index in [1.54, 1.807) is 6.07 Å². The van der Waals surface area contributed by atoms with Gasteiger partial charge in [0.2, 0.25) is 11.8 Å². The molecule has 0 aliphatic carbocycles. The number of carbonyl (C=O) groups is 3. The van der Waals surface area contributed by atoms with Crippen molar-refractivity contribution in [2.24, 2.45) is 11.7 Å². The fourth-order valence-corrected chi connectivity index (χ4v) is 1.43. The largest absolute Gasteiger partial charge is 0.366 e. The van der Waals surface area contributed by atoms with Gasteiger partial charge in [0.25, 0.3) is 5.91 Å². The van der Waals surface area contributed by atoms with Gasteiger partial charge < -0.3 is 5.73 Å². The number of hydrogen-bond donors (Lipinski definition) is 3. The maximum atomic E-state index is 11.7. The summed E-state index contributed by atoms with van der Waals surface area (Å²) < 4.78 is 0. The van der Waals surface area contributed by atoms with E-state index >= 15 is 0 Å². The standard InChI is InChI=1S/C13H17N3O3/c1-8(2)6-11(17)15-16-13(19)10-5-3-4-9(7-10)12(14)18/h3-5,7-8H,6H2,1-2H3,(H2,14,18)(H,15,17)(H,16,19). The van der Waals surface area contributed by atoms with Crippen molar-refractivity contribution in [1.29, 1.82) is 0 Å². The molecule has 0 fully saturated rings. The quantitative estimate of drug-likeness (QED) is 0.693. The molecule has 0 aromatic heterocycles. The van der Waals surface area contributed by atoms with E-state index in [2.05, 4.69) is 10.9 Å². The monoisotopic (exact) mass is 263 g/mol. The van der Waals surface area contributed by atoms with Crippen molar-refractivity contribution in [2.75, 3.05) is 0 Å². The molecule has 0 unspecified atom stereocenters. The van der Waals surface area contributed by atoms with Crippen LogP contribution in [0.4, 0.5) is 0 Å². The lowest BCUT2D eigenvalue weighted by Crippen LogP contribution is -2.42. The lowest BCUT2D eigenvalue weighted by atomic mass is 10.1. The summed E-state index contributed by atoms with van der Waals surface area (Å²) in [4.78, 5) is 34.1. The molecule has 0 radical (unpaired) electrons. The number of hydrazine groups is 1. The first-order valence-corrected chi connectivity index (χ1v) is 5.89. The van der Waals surface area contributed by atoms with Crippen LogP contribution in [0.1, 0.15) is 41.0 Å². The average molecular weight is 263 g/mol. The van der Waals surface area contributed by atoms with Crippen LogP contribution in [0, 0.1) is 5.92 Å². The molecule has 6 nitrogen and oxygen atoms in total. The van der Waals surface area contributed by atoms with Gasteiger partial charge in [-0.25, -0.2) is 0 Å². The van der Waals surface area contributed by atoms with Gasteiger partial charge in [-0.3, -0.25) is 25.2 Å². The number of carbonyl (C=O) groups excluding carboxylic acids is 3. The van der Waals surface area contributed by atoms with E-state index in [0.717, 1.165) is 0 Å². The molecule has 6 heteroatoms. The molecule has 0 spiro atoms. The van der Waals surface area contributed by atoms with Crippen molar-refractivity contribution in [2.45, 2.75) is 20.3 Å². The van der Waals surface area contributed by atoms with Crippen molar-refractivity contribution in [3.05, 3.63) is 35.4 Å². The minimum Gasteiger partial charge on any atom is -0.366 e. The van der Waals surface area contributed by atoms with Gasteiger partial charge in [0, 0.05) is 17.5 Å². The Morgan fingerprint density at radius 1 is 1.16 bits per heavy atom. The molecule has 0 bridgehead atoms. The Morgan fingerprint density at radius 3 is 2.37 bits per heavy atom. The molecule has 0 aliphatic rings. The Hall–Kier alpha value is -2.37. The summed E-state index contributed by atoms with van der Waals surface area (Å²) in [6, 6.07) is 5.95. The normalized spacial score (nSPS) is 10.1. The molecule has 1 aromatic rings. The van der Waals surface area contributed by atoms with Crippen molar-refractivity contribution >= 4 is 17.7 Å². The van der Waals surface area contributed by atoms with Crippen LogP contribution in [0.2, 0.25) is 0 Å². The van der Waals surface area contributed by atoms with E-state index in [-0.39, 0.29) is 23.0 Å². The minimum absolute atomic E-state index is 0.204. The van der Waals surface area contributed by atoms with Crippen LogP contribution in [0.5, 0.6) is 0 Å². The van der Waals surface area contributed by atoms with E-state index in [1.165, 1.54) is 18.2 Å². The van der Waals surface area contributed by atoms with Crippen molar-refractivity contribution < 1.29 is 14.4 Å². The van der Waals surface area contributed by atoms with Gasteiger partial charge in [0.05, 0.1) is 0 Å². The summed E-state index contributed by atoms with van der Waals surface area (Å²) in [5.74, 6) is -1.18. The molecule has 1 aromatic carbocycles. The van der Waals surface area contributed by atoms with Crippen molar-refractivity contribution in [3.63, 3.8) is 0 Å². The van der Waals surface area contributed by atoms with Crippen LogP contribution >= 0.6 is 0 Å². The van der Waals surface area contributed by atoms with E-state index < -0.39 is 11.8 Å². The first-order valence-electron chi connectivity index (χ1n) is 5.89. The van der Waals surface area contributed by atoms with Crippen LogP contribution in [-0.4, -0.2) is 17.7 Å². The number of amides is 3. The van der Waals surface area contributed by atoms with Crippen LogP contribution in [0.25, 0.3) is 0 Å². The second-order valence-corrected chi connectivity index (χ2v) is 4.55. The highest BCUT2D eigenvalue weighted by molar-refractivity contribution is 5.99. The second kappa shape index (κ2) is 6.53. The Labute approximate surface area is 111 Å². The topological polar surface area (TPSA) is 101 Å². The highest BCUT2D eigenvalue weighted by atomic mass is 16.2. The first kappa shape index (κ1) is 14.7. The number of nitrogens with one attached hydrogen (secondary N) is 2. The smallest absolute Gasteiger partial charge is 0.269 e. The van der Waals surface area contributed by atoms with Gasteiger partial charge >= 0.3 is 0 Å². The number of rotatable bonds is 4. The Balaban J connectivity index is 2.61. The maximum Gasteiger partial charge on any atom is 0.269 e. The average Bonchev–Trinajstić information content (AvgIpc) is 2.35. The number of nitrogens with two attached hydrogens (primary N) is 1. The lowest BCUT2D eigenvalue weighted by Gasteiger charge is -2.09. The summed E-state index contributed by atoms with van der Waals surface area (Å²) in [5, 5.41) is 0. The molecule has 0 aliphatic heterocycles. The third-order valence-corrected chi connectivity index (χ3v) is 2.32. The lowest BCUT2D eigenvalue weighted by molar-refractivity contribution is -0.122. The summed E-state index contributed by atoms with van der Waals surface area (Å²) in [6.45, 7) is 3.80. The zero-order valence-electron chi connectivity index (χ0n) is 10.9. The van der Waals surface area contributed by atoms with Crippen LogP contribution in [-0.2, 0) is 4.79 Å². The summed E-state index contributed by atoms with van der Waals surface area (Å²) in [7, 11) is 0. The SMILES string of the molecule is CC(C)CC(=O)NNC(=O)c1cccc(C(N)=O)c1. The second-order valence-electron chi connectivity index (χ2n) is 4.55. The number of hydrogen-bond acceptors (Lipinski definition) is 3. The summed E-state index contributed by atoms with van der Waals surface area (Å²) in [6.07, 6.45) is 0.321. The zero-order chi connectivity index (χ0) is 14.4. The molecule has 1 rings (SSSR count). The van der Waals surface area contributed by atoms with E-state index in [1.807, 2.05) is 13.8 Å². The Morgan fingerprint density at radius 2 is 1.79 bits per heavy atom. The van der Waals surface area contributed by atoms with E-state index in [4.69, 9.17) is 5.73 Å². The van der Waals surface area contributed by atoms with Gasteiger partial charge in [-0.15, -0.1) is 0 Å². The molecule has 19 heavy (non-hydrogen) atoms. The van der Waals surface area contributed by atoms with Gasteiger partial charge in [-0.1, -0.05) is 19.9 Å². The molecule has 3 amide bonds. The highest BCUT2D eigenvalue weighted by Gasteiger charge is 2.10. The first-order chi connectivity index (χ1) is 8.90. The van der Waals surface area contributed by atoms with E-state index in [9.17, 15) is 14.4 Å². The molecule has 0 saturated carbocycles. The molecule has 0 atom stereocenters. The van der Waals surface area contributed by atoms with Crippen LogP contribution in [0.15, 0.2) is 24.3 Å². The summed E-state index contributed by atoms with van der Waals surface area (Å²) >= 11 is 0. The molecular formula is C13H17N3O3. The summed E-state index contributed by atoms with van der Waals surface area (Å²) in [5.41, 5.74) is 10.2. The highest BCUT2D eigenvalue weighted by Crippen LogP contribution is 2.04. The fourth-order valence-electron chi connectivity index (χ4n) is 1.43. The van der Waals surface area contributed by atoms with Gasteiger partial charge in [0.1, 0.15) is 0 Å². The number of primary amides is 1. The van der Waals surface area contributed by atoms with Gasteiger partial charge in [0.15, 0.2) is 0 Å². The minimum atomic E-state index is -0.613. The molecule has 4 N–H and O–H groups in total. The van der Waals surface area contributed by atoms with E-state index in [0.29, 0.717) is 6.42 Å². The molecule has 0 heterocycles.